The van der Waals surface area contributed by atoms with E-state index in [1.54, 1.807) is 5.56 Å². The van der Waals surface area contributed by atoms with Crippen LogP contribution in [-0.2, 0) is 0 Å². The van der Waals surface area contributed by atoms with Crippen molar-refractivity contribution in [1.82, 2.24) is 4.98 Å². The smallest absolute Gasteiger partial charge is 0.142 e. The molecule has 0 aliphatic heterocycles. The molecule has 0 aromatic carbocycles. The van der Waals surface area contributed by atoms with Crippen LogP contribution in [0.3, 0.4) is 0 Å². The van der Waals surface area contributed by atoms with E-state index in [9.17, 15) is 0 Å². The number of hydrogen-bond donors (Lipinski definition) is 0. The maximum atomic E-state index is 5.06. The summed E-state index contributed by atoms with van der Waals surface area (Å²) in [5, 5.41) is 0. The second-order valence-electron chi connectivity index (χ2n) is 6.37. The summed E-state index contributed by atoms with van der Waals surface area (Å²) < 4.78 is 0. The number of pyridine rings is 1. The van der Waals surface area contributed by atoms with Crippen LogP contribution >= 0.6 is 0 Å². The Morgan fingerprint density at radius 2 is 1.68 bits per heavy atom. The van der Waals surface area contributed by atoms with Gasteiger partial charge in [-0.1, -0.05) is 44.2 Å². The first kappa shape index (κ1) is 16.7. The molecule has 1 rings (SSSR count). The normalized spacial score (nSPS) is 10.8. The Kier molecular flexibility index (Phi) is 6.01. The van der Waals surface area contributed by atoms with Crippen molar-refractivity contribution in [3.63, 3.8) is 0 Å². The van der Waals surface area contributed by atoms with Crippen molar-refractivity contribution in [2.24, 2.45) is 0 Å². The molecule has 0 fully saturated rings. The first-order valence-corrected chi connectivity index (χ1v) is 7.88. The number of nitrogens with zero attached hydrogens (tertiary/aromatic N) is 1. The van der Waals surface area contributed by atoms with E-state index in [-0.39, 0.29) is 0 Å². The van der Waals surface area contributed by atoms with Gasteiger partial charge >= 0.3 is 0 Å². The van der Waals surface area contributed by atoms with Gasteiger partial charge in [0.2, 0.25) is 0 Å². The fourth-order valence-electron chi connectivity index (χ4n) is 3.10. The SMILES string of the molecule is BBB(B)c1nc(C(C)C)c(B)c(C(C)C)c1BB. The zero-order valence-electron chi connectivity index (χ0n) is 14.1. The average Bonchev–Trinajstić information content (AvgIpc) is 2.35. The summed E-state index contributed by atoms with van der Waals surface area (Å²) in [4.78, 5) is 5.06. The van der Waals surface area contributed by atoms with Gasteiger partial charge in [0.05, 0.1) is 30.3 Å². The van der Waals surface area contributed by atoms with Crippen LogP contribution in [0.15, 0.2) is 0 Å². The molecule has 1 aromatic heterocycles. The van der Waals surface area contributed by atoms with Gasteiger partial charge in [0.1, 0.15) is 21.5 Å². The lowest BCUT2D eigenvalue weighted by Crippen LogP contribution is -2.55. The van der Waals surface area contributed by atoms with Crippen LogP contribution in [0.1, 0.15) is 50.8 Å². The highest BCUT2D eigenvalue weighted by molar-refractivity contribution is 7.51. The van der Waals surface area contributed by atoms with Gasteiger partial charge in [-0.05, 0) is 17.4 Å². The molecule has 8 heteroatoms. The van der Waals surface area contributed by atoms with Gasteiger partial charge in [-0.25, -0.2) is 0 Å². The second-order valence-corrected chi connectivity index (χ2v) is 6.37. The highest BCUT2D eigenvalue weighted by Crippen LogP contribution is 2.14. The highest BCUT2D eigenvalue weighted by atomic mass is 14.7. The van der Waals surface area contributed by atoms with Gasteiger partial charge in [-0.15, -0.1) is 0 Å². The number of aromatic nitrogens is 1. The number of rotatable bonds is 5. The molecule has 0 atom stereocenters. The van der Waals surface area contributed by atoms with Crippen LogP contribution in [0.5, 0.6) is 0 Å². The van der Waals surface area contributed by atoms with Crippen molar-refractivity contribution in [1.29, 1.82) is 0 Å². The molecule has 0 bridgehead atoms. The van der Waals surface area contributed by atoms with E-state index >= 15 is 0 Å². The van der Waals surface area contributed by atoms with Crippen LogP contribution in [0.25, 0.3) is 0 Å². The van der Waals surface area contributed by atoms with Crippen molar-refractivity contribution in [3.05, 3.63) is 11.3 Å². The lowest BCUT2D eigenvalue weighted by atomic mass is 9.03. The van der Waals surface area contributed by atoms with Crippen LogP contribution in [0, 0.1) is 0 Å². The molecule has 1 nitrogen and oxygen atoms in total. The second kappa shape index (κ2) is 6.86. The largest absolute Gasteiger partial charge is 0.270 e. The van der Waals surface area contributed by atoms with Gasteiger partial charge in [-0.2, -0.15) is 0 Å². The molecule has 19 heavy (non-hydrogen) atoms. The summed E-state index contributed by atoms with van der Waals surface area (Å²) in [5.41, 5.74) is 7.14. The Bertz CT molecular complexity index is 447. The van der Waals surface area contributed by atoms with E-state index in [1.165, 1.54) is 22.2 Å². The summed E-state index contributed by atoms with van der Waals surface area (Å²) >= 11 is 0. The van der Waals surface area contributed by atoms with Crippen molar-refractivity contribution >= 4 is 68.3 Å². The number of hydrogen-bond acceptors (Lipinski definition) is 1. The van der Waals surface area contributed by atoms with Gasteiger partial charge < -0.3 is 0 Å². The monoisotopic (exact) mass is 247 g/mol. The minimum atomic E-state index is 0.506. The van der Waals surface area contributed by atoms with Gasteiger partial charge in [-0.3, -0.25) is 4.98 Å². The molecule has 0 unspecified atom stereocenters. The molecule has 0 aliphatic carbocycles. The molecule has 0 aliphatic rings. The molecule has 0 N–H and O–H groups in total. The fraction of sp³-hybridized carbons (Fsp3) is 0.545. The van der Waals surface area contributed by atoms with Crippen molar-refractivity contribution in [2.45, 2.75) is 39.5 Å². The average molecular weight is 246 g/mol. The van der Waals surface area contributed by atoms with Crippen molar-refractivity contribution in [3.8, 4) is 0 Å². The summed E-state index contributed by atoms with van der Waals surface area (Å²) in [7, 11) is 11.4. The third-order valence-corrected chi connectivity index (χ3v) is 4.22. The molecule has 94 valence electrons. The lowest BCUT2D eigenvalue weighted by molar-refractivity contribution is 0.820. The van der Waals surface area contributed by atoms with E-state index in [2.05, 4.69) is 58.8 Å². The Morgan fingerprint density at radius 3 is 2.05 bits per heavy atom. The summed E-state index contributed by atoms with van der Waals surface area (Å²) in [5.74, 6) is 1.09. The minimum absolute atomic E-state index is 0.506. The Hall–Kier alpha value is -0.395. The predicted molar refractivity (Wildman–Crippen MR) is 106 cm³/mol. The van der Waals surface area contributed by atoms with Gasteiger partial charge in [0.15, 0.2) is 0 Å². The van der Waals surface area contributed by atoms with E-state index in [4.69, 9.17) is 4.98 Å². The standard InChI is InChI=1S/C11H24B7N/c1-5(2)7-8(12)10(6(3)4)19-11(9(7)16-13)18(15)17-14/h5-6,16-17H,12-15H2,1-4H3. The van der Waals surface area contributed by atoms with Crippen LogP contribution in [0.4, 0.5) is 0 Å². The van der Waals surface area contributed by atoms with E-state index in [1.807, 2.05) is 0 Å². The zero-order chi connectivity index (χ0) is 14.7. The zero-order valence-corrected chi connectivity index (χ0v) is 14.1. The summed E-state index contributed by atoms with van der Waals surface area (Å²) in [6, 6.07) is 0. The maximum absolute atomic E-state index is 5.06. The summed E-state index contributed by atoms with van der Waals surface area (Å²) in [6.07, 6.45) is 0. The van der Waals surface area contributed by atoms with Crippen molar-refractivity contribution < 1.29 is 0 Å². The Balaban J connectivity index is 3.63. The predicted octanol–water partition coefficient (Wildman–Crippen LogP) is -4.49. The molecular weight excluding hydrogens is 222 g/mol. The van der Waals surface area contributed by atoms with E-state index in [0.717, 1.165) is 14.2 Å². The fourth-order valence-corrected chi connectivity index (χ4v) is 3.10. The first-order chi connectivity index (χ1) is 8.84. The van der Waals surface area contributed by atoms with E-state index < -0.39 is 0 Å². The molecule has 0 amide bonds. The molecule has 0 radical (unpaired) electrons. The first-order valence-electron chi connectivity index (χ1n) is 7.88. The molecule has 1 heterocycles. The summed E-state index contributed by atoms with van der Waals surface area (Å²) in [6.45, 7) is 9.69. The molecule has 0 saturated carbocycles. The van der Waals surface area contributed by atoms with Crippen LogP contribution in [0.2, 0.25) is 0 Å². The van der Waals surface area contributed by atoms with Crippen molar-refractivity contribution in [2.75, 3.05) is 0 Å². The minimum Gasteiger partial charge on any atom is -0.270 e. The third-order valence-electron chi connectivity index (χ3n) is 4.22. The Morgan fingerprint density at radius 1 is 1.11 bits per heavy atom. The quantitative estimate of drug-likeness (QED) is 0.477. The molecule has 0 spiro atoms. The van der Waals surface area contributed by atoms with Gasteiger partial charge in [0, 0.05) is 5.69 Å². The van der Waals surface area contributed by atoms with Crippen LogP contribution < -0.4 is 16.5 Å². The maximum Gasteiger partial charge on any atom is 0.142 e. The third kappa shape index (κ3) is 3.38. The highest BCUT2D eigenvalue weighted by Gasteiger charge is 2.22. The topological polar surface area (TPSA) is 12.9 Å². The molecular formula is C11H24B7N. The molecule has 1 aromatic rings. The van der Waals surface area contributed by atoms with Gasteiger partial charge in [0.25, 0.3) is 0 Å². The van der Waals surface area contributed by atoms with Crippen LogP contribution in [-0.4, -0.2) is 56.8 Å². The Labute approximate surface area is 124 Å². The van der Waals surface area contributed by atoms with E-state index in [0.29, 0.717) is 18.3 Å². The molecule has 0 saturated heterocycles. The lowest BCUT2D eigenvalue weighted by Gasteiger charge is -2.25.